The van der Waals surface area contributed by atoms with E-state index in [0.717, 1.165) is 0 Å². The van der Waals surface area contributed by atoms with Gasteiger partial charge < -0.3 is 0 Å². The first-order chi connectivity index (χ1) is 5.81. The van der Waals surface area contributed by atoms with Crippen molar-refractivity contribution in [3.8, 4) is 0 Å². The molecular weight excluding hydrogens is 178 g/mol. The third-order valence-electron chi connectivity index (χ3n) is 1.47. The predicted octanol–water partition coefficient (Wildman–Crippen LogP) is 1.20. The number of hydrogen-bond acceptors (Lipinski definition) is 3. The van der Waals surface area contributed by atoms with Crippen molar-refractivity contribution in [1.82, 2.24) is 14.6 Å². The number of nitrogens with zero attached hydrogens (tertiary/aromatic N) is 3. The smallest absolute Gasteiger partial charge is 0.170 e. The molecule has 0 saturated carbocycles. The van der Waals surface area contributed by atoms with Crippen LogP contribution in [0.4, 0.5) is 0 Å². The molecule has 0 atom stereocenters. The van der Waals surface area contributed by atoms with Crippen LogP contribution in [0.25, 0.3) is 5.65 Å². The summed E-state index contributed by atoms with van der Waals surface area (Å²) in [5.41, 5.74) is 0.992. The molecule has 0 aliphatic heterocycles. The molecule has 60 valence electrons. The van der Waals surface area contributed by atoms with E-state index in [-0.39, 0.29) is 0 Å². The molecule has 2 aromatic heterocycles. The number of rotatable bonds is 1. The average Bonchev–Trinajstić information content (AvgIpc) is 2.46. The summed E-state index contributed by atoms with van der Waals surface area (Å²) in [4.78, 5) is 14.4. The quantitative estimate of drug-likeness (QED) is 0.621. The Bertz CT molecular complexity index is 437. The van der Waals surface area contributed by atoms with E-state index in [2.05, 4.69) is 10.1 Å². The Morgan fingerprint density at radius 3 is 3.08 bits per heavy atom. The Kier molecular flexibility index (Phi) is 1.55. The van der Waals surface area contributed by atoms with E-state index in [1.165, 1.54) is 16.9 Å². The van der Waals surface area contributed by atoms with Gasteiger partial charge in [0.05, 0.1) is 17.4 Å². The van der Waals surface area contributed by atoms with Crippen LogP contribution in [0.2, 0.25) is 5.02 Å². The molecule has 0 spiro atoms. The predicted molar refractivity (Wildman–Crippen MR) is 43.4 cm³/mol. The third kappa shape index (κ3) is 0.967. The lowest BCUT2D eigenvalue weighted by atomic mass is 10.5. The molecule has 0 aliphatic rings. The highest BCUT2D eigenvalue weighted by atomic mass is 35.5. The van der Waals surface area contributed by atoms with E-state index in [0.29, 0.717) is 22.6 Å². The Labute approximate surface area is 72.8 Å². The zero-order chi connectivity index (χ0) is 8.55. The second-order valence-electron chi connectivity index (χ2n) is 2.24. The topological polar surface area (TPSA) is 47.3 Å². The first-order valence-electron chi connectivity index (χ1n) is 3.26. The van der Waals surface area contributed by atoms with Crippen molar-refractivity contribution < 1.29 is 4.79 Å². The van der Waals surface area contributed by atoms with Gasteiger partial charge in [0.1, 0.15) is 5.69 Å². The van der Waals surface area contributed by atoms with Crippen molar-refractivity contribution >= 4 is 23.5 Å². The van der Waals surface area contributed by atoms with Crippen LogP contribution in [0.15, 0.2) is 18.5 Å². The van der Waals surface area contributed by atoms with Crippen LogP contribution in [0.5, 0.6) is 0 Å². The molecule has 0 unspecified atom stereocenters. The van der Waals surface area contributed by atoms with E-state index in [4.69, 9.17) is 11.6 Å². The summed E-state index contributed by atoms with van der Waals surface area (Å²) in [5.74, 6) is 0. The molecule has 12 heavy (non-hydrogen) atoms. The number of hydrogen-bond donors (Lipinski definition) is 0. The summed E-state index contributed by atoms with van der Waals surface area (Å²) in [6, 6.07) is 1.64. The van der Waals surface area contributed by atoms with Crippen molar-refractivity contribution in [2.45, 2.75) is 0 Å². The van der Waals surface area contributed by atoms with Gasteiger partial charge in [-0.2, -0.15) is 5.10 Å². The summed E-state index contributed by atoms with van der Waals surface area (Å²) in [7, 11) is 0. The normalized spacial score (nSPS) is 10.4. The van der Waals surface area contributed by atoms with E-state index in [1.807, 2.05) is 0 Å². The molecule has 2 aromatic rings. The lowest BCUT2D eigenvalue weighted by Gasteiger charge is -1.92. The molecule has 0 bridgehead atoms. The lowest BCUT2D eigenvalue weighted by molar-refractivity contribution is 0.111. The van der Waals surface area contributed by atoms with Gasteiger partial charge in [-0.3, -0.25) is 4.79 Å². The van der Waals surface area contributed by atoms with Gasteiger partial charge in [0, 0.05) is 6.07 Å². The van der Waals surface area contributed by atoms with Crippen molar-refractivity contribution in [3.05, 3.63) is 29.2 Å². The molecule has 5 heteroatoms. The highest BCUT2D eigenvalue weighted by molar-refractivity contribution is 6.30. The summed E-state index contributed by atoms with van der Waals surface area (Å²) < 4.78 is 1.43. The Hall–Kier alpha value is -1.42. The second kappa shape index (κ2) is 2.57. The van der Waals surface area contributed by atoms with Gasteiger partial charge >= 0.3 is 0 Å². The maximum Gasteiger partial charge on any atom is 0.170 e. The minimum absolute atomic E-state index is 0.418. The van der Waals surface area contributed by atoms with Crippen LogP contribution in [-0.2, 0) is 0 Å². The van der Waals surface area contributed by atoms with Gasteiger partial charge in [0.15, 0.2) is 11.9 Å². The molecule has 0 fully saturated rings. The fraction of sp³-hybridized carbons (Fsp3) is 0. The van der Waals surface area contributed by atoms with E-state index in [1.54, 1.807) is 6.07 Å². The SMILES string of the molecule is O=Cc1cnc2cc(Cl)cnn12. The highest BCUT2D eigenvalue weighted by Crippen LogP contribution is 2.09. The first-order valence-corrected chi connectivity index (χ1v) is 3.63. The van der Waals surface area contributed by atoms with Crippen molar-refractivity contribution in [1.29, 1.82) is 0 Å². The Morgan fingerprint density at radius 1 is 1.50 bits per heavy atom. The van der Waals surface area contributed by atoms with Crippen molar-refractivity contribution in [2.24, 2.45) is 0 Å². The fourth-order valence-electron chi connectivity index (χ4n) is 0.952. The maximum absolute atomic E-state index is 10.4. The van der Waals surface area contributed by atoms with Crippen molar-refractivity contribution in [2.75, 3.05) is 0 Å². The lowest BCUT2D eigenvalue weighted by Crippen LogP contribution is -1.94. The third-order valence-corrected chi connectivity index (χ3v) is 1.68. The van der Waals surface area contributed by atoms with Crippen LogP contribution in [-0.4, -0.2) is 20.9 Å². The van der Waals surface area contributed by atoms with Gasteiger partial charge in [-0.1, -0.05) is 11.6 Å². The summed E-state index contributed by atoms with van der Waals surface area (Å²) in [5, 5.41) is 4.41. The molecule has 0 amide bonds. The zero-order valence-corrected chi connectivity index (χ0v) is 6.69. The minimum Gasteiger partial charge on any atom is -0.296 e. The summed E-state index contributed by atoms with van der Waals surface area (Å²) >= 11 is 5.67. The largest absolute Gasteiger partial charge is 0.296 e. The van der Waals surface area contributed by atoms with Crippen molar-refractivity contribution in [3.63, 3.8) is 0 Å². The number of fused-ring (bicyclic) bond motifs is 1. The van der Waals surface area contributed by atoms with Crippen LogP contribution in [0.1, 0.15) is 10.5 Å². The molecule has 0 aliphatic carbocycles. The molecule has 0 N–H and O–H groups in total. The van der Waals surface area contributed by atoms with Gasteiger partial charge in [-0.15, -0.1) is 0 Å². The second-order valence-corrected chi connectivity index (χ2v) is 2.68. The van der Waals surface area contributed by atoms with Gasteiger partial charge in [-0.25, -0.2) is 9.50 Å². The summed E-state index contributed by atoms with van der Waals surface area (Å²) in [6.45, 7) is 0. The number of imidazole rings is 1. The van der Waals surface area contributed by atoms with Crippen LogP contribution in [0, 0.1) is 0 Å². The van der Waals surface area contributed by atoms with Crippen LogP contribution in [0.3, 0.4) is 0 Å². The highest BCUT2D eigenvalue weighted by Gasteiger charge is 2.02. The average molecular weight is 182 g/mol. The van der Waals surface area contributed by atoms with E-state index in [9.17, 15) is 4.79 Å². The molecule has 2 heterocycles. The molecule has 2 rings (SSSR count). The number of aldehydes is 1. The number of carbonyl (C=O) groups is 1. The molecule has 4 nitrogen and oxygen atoms in total. The standard InChI is InChI=1S/C7H4ClN3O/c8-5-1-7-9-3-6(4-12)11(7)10-2-5/h1-4H. The Morgan fingerprint density at radius 2 is 2.33 bits per heavy atom. The summed E-state index contributed by atoms with van der Waals surface area (Å²) in [6.07, 6.45) is 3.61. The fourth-order valence-corrected chi connectivity index (χ4v) is 1.09. The molecule has 0 saturated heterocycles. The van der Waals surface area contributed by atoms with Crippen LogP contribution < -0.4 is 0 Å². The van der Waals surface area contributed by atoms with E-state index < -0.39 is 0 Å². The van der Waals surface area contributed by atoms with Crippen LogP contribution >= 0.6 is 11.6 Å². The first kappa shape index (κ1) is 7.24. The van der Waals surface area contributed by atoms with Gasteiger partial charge in [0.25, 0.3) is 0 Å². The monoisotopic (exact) mass is 181 g/mol. The Balaban J connectivity index is 2.81. The number of carbonyl (C=O) groups excluding carboxylic acids is 1. The van der Waals surface area contributed by atoms with Gasteiger partial charge in [0.2, 0.25) is 0 Å². The molecule has 0 radical (unpaired) electrons. The van der Waals surface area contributed by atoms with Gasteiger partial charge in [-0.05, 0) is 0 Å². The zero-order valence-electron chi connectivity index (χ0n) is 5.94. The molecule has 0 aromatic carbocycles. The number of aromatic nitrogens is 3. The van der Waals surface area contributed by atoms with E-state index >= 15 is 0 Å². The molecular formula is C7H4ClN3O. The minimum atomic E-state index is 0.418. The maximum atomic E-state index is 10.4. The number of halogens is 1.